The summed E-state index contributed by atoms with van der Waals surface area (Å²) in [5.41, 5.74) is 2.03. The molecule has 1 atom stereocenters. The predicted octanol–water partition coefficient (Wildman–Crippen LogP) is 4.22. The molecule has 0 aromatic carbocycles. The molecular weight excluding hydrogens is 344 g/mol. The molecule has 0 amide bonds. The molecule has 0 fully saturated rings. The Morgan fingerprint density at radius 3 is 2.55 bits per heavy atom. The average Bonchev–Trinajstić information content (AvgIpc) is 3.04. The van der Waals surface area contributed by atoms with E-state index in [0.29, 0.717) is 0 Å². The molecule has 114 valence electrons. The van der Waals surface area contributed by atoms with Crippen molar-refractivity contribution in [3.05, 3.63) is 63.9 Å². The Kier molecular flexibility index (Phi) is 4.02. The summed E-state index contributed by atoms with van der Waals surface area (Å²) in [5, 5.41) is 7.95. The Bertz CT molecular complexity index is 776. The number of hydrogen-bond acceptors (Lipinski definition) is 4. The second kappa shape index (κ2) is 5.96. The normalized spacial score (nSPS) is 12.4. The van der Waals surface area contributed by atoms with Gasteiger partial charge in [0.25, 0.3) is 0 Å². The molecule has 0 aliphatic rings. The first-order chi connectivity index (χ1) is 10.5. The smallest absolute Gasteiger partial charge is 0.180 e. The second-order valence-corrected chi connectivity index (χ2v) is 6.14. The number of anilines is 1. The van der Waals surface area contributed by atoms with Crippen molar-refractivity contribution in [3.8, 4) is 0 Å². The van der Waals surface area contributed by atoms with Gasteiger partial charge in [-0.2, -0.15) is 5.10 Å². The van der Waals surface area contributed by atoms with E-state index in [1.165, 1.54) is 0 Å². The average molecular weight is 361 g/mol. The Labute approximate surface area is 137 Å². The largest absolute Gasteiger partial charge is 0.462 e. The summed E-state index contributed by atoms with van der Waals surface area (Å²) in [6.45, 7) is 5.94. The fourth-order valence-electron chi connectivity index (χ4n) is 2.36. The number of hydrogen-bond donors (Lipinski definition) is 1. The van der Waals surface area contributed by atoms with Crippen molar-refractivity contribution >= 4 is 21.7 Å². The molecule has 1 N–H and O–H groups in total. The Balaban J connectivity index is 1.99. The zero-order valence-electron chi connectivity index (χ0n) is 12.7. The topological polar surface area (TPSA) is 55.9 Å². The molecule has 0 radical (unpaired) electrons. The van der Waals surface area contributed by atoms with Gasteiger partial charge in [-0.15, -0.1) is 0 Å². The van der Waals surface area contributed by atoms with Crippen LogP contribution in [0.2, 0.25) is 0 Å². The van der Waals surface area contributed by atoms with Gasteiger partial charge >= 0.3 is 0 Å². The van der Waals surface area contributed by atoms with Crippen LogP contribution in [0, 0.1) is 20.8 Å². The zero-order valence-corrected chi connectivity index (χ0v) is 14.3. The lowest BCUT2D eigenvalue weighted by molar-refractivity contribution is 0.412. The van der Waals surface area contributed by atoms with Crippen molar-refractivity contribution in [1.82, 2.24) is 14.8 Å². The number of aryl methyl sites for hydroxylation is 3. The van der Waals surface area contributed by atoms with E-state index in [2.05, 4.69) is 31.3 Å². The Hall–Kier alpha value is -2.08. The van der Waals surface area contributed by atoms with Crippen LogP contribution < -0.4 is 5.32 Å². The van der Waals surface area contributed by atoms with E-state index in [9.17, 15) is 0 Å². The molecule has 3 aromatic heterocycles. The molecule has 22 heavy (non-hydrogen) atoms. The number of nitrogens with one attached hydrogen (secondary N) is 1. The molecule has 0 aliphatic heterocycles. The highest BCUT2D eigenvalue weighted by Crippen LogP contribution is 2.24. The standard InChI is InChI=1S/C16H17BrN4O/c1-10-8-11(2)21(20-10)16(14-6-4-12(3)22-14)19-15-7-5-13(17)9-18-15/h4-9,16H,1-3H3,(H,18,19). The third-order valence-corrected chi connectivity index (χ3v) is 3.80. The van der Waals surface area contributed by atoms with Crippen molar-refractivity contribution < 1.29 is 4.42 Å². The first-order valence-corrected chi connectivity index (χ1v) is 7.79. The molecule has 3 rings (SSSR count). The van der Waals surface area contributed by atoms with Gasteiger partial charge in [0.05, 0.1) is 5.69 Å². The molecule has 0 saturated heterocycles. The monoisotopic (exact) mass is 360 g/mol. The van der Waals surface area contributed by atoms with Crippen molar-refractivity contribution in [3.63, 3.8) is 0 Å². The van der Waals surface area contributed by atoms with Crippen LogP contribution in [0.4, 0.5) is 5.82 Å². The third kappa shape index (κ3) is 3.06. The molecule has 5 nitrogen and oxygen atoms in total. The lowest BCUT2D eigenvalue weighted by Gasteiger charge is -2.19. The van der Waals surface area contributed by atoms with Gasteiger partial charge in [-0.3, -0.25) is 0 Å². The van der Waals surface area contributed by atoms with Crippen LogP contribution in [-0.4, -0.2) is 14.8 Å². The van der Waals surface area contributed by atoms with Crippen LogP contribution in [0.3, 0.4) is 0 Å². The minimum atomic E-state index is -0.240. The summed E-state index contributed by atoms with van der Waals surface area (Å²) >= 11 is 3.39. The van der Waals surface area contributed by atoms with Gasteiger partial charge in [0.2, 0.25) is 0 Å². The summed E-state index contributed by atoms with van der Waals surface area (Å²) in [6, 6.07) is 9.81. The molecule has 0 saturated carbocycles. The third-order valence-electron chi connectivity index (χ3n) is 3.33. The van der Waals surface area contributed by atoms with E-state index in [1.54, 1.807) is 6.20 Å². The number of nitrogens with zero attached hydrogens (tertiary/aromatic N) is 3. The van der Waals surface area contributed by atoms with Crippen LogP contribution in [-0.2, 0) is 0 Å². The molecule has 0 spiro atoms. The number of furan rings is 1. The minimum absolute atomic E-state index is 0.240. The SMILES string of the molecule is Cc1cc(C)n(C(Nc2ccc(Br)cn2)c2ccc(C)o2)n1. The Morgan fingerprint density at radius 1 is 1.18 bits per heavy atom. The maximum absolute atomic E-state index is 5.80. The number of aromatic nitrogens is 3. The number of halogens is 1. The van der Waals surface area contributed by atoms with Crippen molar-refractivity contribution in [2.45, 2.75) is 26.9 Å². The lowest BCUT2D eigenvalue weighted by Crippen LogP contribution is -2.22. The van der Waals surface area contributed by atoms with Gasteiger partial charge in [-0.1, -0.05) is 0 Å². The number of pyridine rings is 1. The maximum atomic E-state index is 5.80. The van der Waals surface area contributed by atoms with Gasteiger partial charge in [-0.05, 0) is 67.0 Å². The van der Waals surface area contributed by atoms with Crippen LogP contribution >= 0.6 is 15.9 Å². The van der Waals surface area contributed by atoms with E-state index >= 15 is 0 Å². The molecule has 3 aromatic rings. The molecule has 1 unspecified atom stereocenters. The quantitative estimate of drug-likeness (QED) is 0.756. The maximum Gasteiger partial charge on any atom is 0.180 e. The van der Waals surface area contributed by atoms with Gasteiger partial charge in [0, 0.05) is 16.4 Å². The summed E-state index contributed by atoms with van der Waals surface area (Å²) in [4.78, 5) is 4.37. The van der Waals surface area contributed by atoms with E-state index in [-0.39, 0.29) is 6.17 Å². The molecule has 6 heteroatoms. The Morgan fingerprint density at radius 2 is 2.00 bits per heavy atom. The van der Waals surface area contributed by atoms with E-state index in [4.69, 9.17) is 4.42 Å². The van der Waals surface area contributed by atoms with Crippen molar-refractivity contribution in [2.75, 3.05) is 5.32 Å². The van der Waals surface area contributed by atoms with Gasteiger partial charge in [-0.25, -0.2) is 9.67 Å². The van der Waals surface area contributed by atoms with Gasteiger partial charge < -0.3 is 9.73 Å². The lowest BCUT2D eigenvalue weighted by atomic mass is 10.3. The van der Waals surface area contributed by atoms with Crippen LogP contribution in [0.25, 0.3) is 0 Å². The molecule has 3 heterocycles. The summed E-state index contributed by atoms with van der Waals surface area (Å²) in [6.07, 6.45) is 1.52. The van der Waals surface area contributed by atoms with Crippen LogP contribution in [0.5, 0.6) is 0 Å². The highest BCUT2D eigenvalue weighted by molar-refractivity contribution is 9.10. The molecular formula is C16H17BrN4O. The van der Waals surface area contributed by atoms with Gasteiger partial charge in [0.15, 0.2) is 6.17 Å². The first kappa shape index (κ1) is 14.8. The van der Waals surface area contributed by atoms with Crippen molar-refractivity contribution in [1.29, 1.82) is 0 Å². The fourth-order valence-corrected chi connectivity index (χ4v) is 2.60. The number of rotatable bonds is 4. The summed E-state index contributed by atoms with van der Waals surface area (Å²) < 4.78 is 8.65. The van der Waals surface area contributed by atoms with E-state index in [0.717, 1.165) is 33.2 Å². The minimum Gasteiger partial charge on any atom is -0.462 e. The second-order valence-electron chi connectivity index (χ2n) is 5.23. The van der Waals surface area contributed by atoms with Crippen LogP contribution in [0.1, 0.15) is 29.1 Å². The first-order valence-electron chi connectivity index (χ1n) is 7.00. The predicted molar refractivity (Wildman–Crippen MR) is 88.8 cm³/mol. The zero-order chi connectivity index (χ0) is 15.7. The highest BCUT2D eigenvalue weighted by Gasteiger charge is 2.20. The van der Waals surface area contributed by atoms with E-state index in [1.807, 2.05) is 55.8 Å². The highest BCUT2D eigenvalue weighted by atomic mass is 79.9. The summed E-state index contributed by atoms with van der Waals surface area (Å²) in [7, 11) is 0. The van der Waals surface area contributed by atoms with Gasteiger partial charge in [0.1, 0.15) is 17.3 Å². The van der Waals surface area contributed by atoms with Crippen molar-refractivity contribution in [2.24, 2.45) is 0 Å². The molecule has 0 aliphatic carbocycles. The molecule has 0 bridgehead atoms. The van der Waals surface area contributed by atoms with Crippen LogP contribution in [0.15, 0.2) is 45.4 Å². The summed E-state index contributed by atoms with van der Waals surface area (Å²) in [5.74, 6) is 2.43. The van der Waals surface area contributed by atoms with E-state index < -0.39 is 0 Å². The fraction of sp³-hybridized carbons (Fsp3) is 0.250.